The van der Waals surface area contributed by atoms with Crippen molar-refractivity contribution in [3.8, 4) is 11.4 Å². The highest BCUT2D eigenvalue weighted by atomic mass is 16.5. The van der Waals surface area contributed by atoms with Gasteiger partial charge in [-0.1, -0.05) is 0 Å². The minimum atomic E-state index is -0.0996. The summed E-state index contributed by atoms with van der Waals surface area (Å²) in [6, 6.07) is 9.26. The first-order valence-electron chi connectivity index (χ1n) is 10.0. The van der Waals surface area contributed by atoms with Gasteiger partial charge in [-0.3, -0.25) is 9.78 Å². The van der Waals surface area contributed by atoms with E-state index in [1.165, 1.54) is 0 Å². The van der Waals surface area contributed by atoms with Crippen LogP contribution in [0.3, 0.4) is 0 Å². The molecule has 3 aromatic heterocycles. The van der Waals surface area contributed by atoms with Crippen LogP contribution in [-0.4, -0.2) is 53.0 Å². The Balaban J connectivity index is 1.56. The standard InChI is InChI=1S/C22H25N5O3/c1-23-20-11-18(25-21(26-20)15-5-3-9-24-12-15)16-6-4-10-27(13-16)22(28)19-8-7-17(30-19)14-29-2/h3,5,7-9,11-12,16H,4,6,10,13-14H2,1-2H3,(H,23,25,26). The van der Waals surface area contributed by atoms with Gasteiger partial charge in [0.2, 0.25) is 0 Å². The molecule has 1 saturated heterocycles. The normalized spacial score (nSPS) is 16.5. The molecule has 8 nitrogen and oxygen atoms in total. The lowest BCUT2D eigenvalue weighted by Crippen LogP contribution is -2.39. The Labute approximate surface area is 175 Å². The van der Waals surface area contributed by atoms with Crippen molar-refractivity contribution in [2.75, 3.05) is 32.6 Å². The maximum atomic E-state index is 12.9. The van der Waals surface area contributed by atoms with Gasteiger partial charge in [0.05, 0.1) is 5.69 Å². The minimum Gasteiger partial charge on any atom is -0.453 e. The fourth-order valence-corrected chi connectivity index (χ4v) is 3.70. The smallest absolute Gasteiger partial charge is 0.289 e. The van der Waals surface area contributed by atoms with Crippen molar-refractivity contribution in [1.82, 2.24) is 19.9 Å². The third-order valence-corrected chi connectivity index (χ3v) is 5.21. The molecule has 0 spiro atoms. The number of nitrogens with one attached hydrogen (secondary N) is 1. The fraction of sp³-hybridized carbons (Fsp3) is 0.364. The molecule has 1 aliphatic heterocycles. The van der Waals surface area contributed by atoms with Crippen LogP contribution in [0.15, 0.2) is 47.1 Å². The van der Waals surface area contributed by atoms with E-state index < -0.39 is 0 Å². The number of carbonyl (C=O) groups excluding carboxylic acids is 1. The molecule has 3 aromatic rings. The second-order valence-electron chi connectivity index (χ2n) is 7.28. The van der Waals surface area contributed by atoms with Crippen LogP contribution in [-0.2, 0) is 11.3 Å². The van der Waals surface area contributed by atoms with Crippen LogP contribution in [0.2, 0.25) is 0 Å². The molecule has 1 fully saturated rings. The zero-order valence-electron chi connectivity index (χ0n) is 17.2. The van der Waals surface area contributed by atoms with Gasteiger partial charge in [-0.2, -0.15) is 0 Å². The second-order valence-corrected chi connectivity index (χ2v) is 7.28. The van der Waals surface area contributed by atoms with Gasteiger partial charge < -0.3 is 19.4 Å². The van der Waals surface area contributed by atoms with Crippen molar-refractivity contribution in [3.63, 3.8) is 0 Å². The van der Waals surface area contributed by atoms with Gasteiger partial charge in [0, 0.05) is 57.2 Å². The Bertz CT molecular complexity index is 1010. The largest absolute Gasteiger partial charge is 0.453 e. The summed E-state index contributed by atoms with van der Waals surface area (Å²) in [5.74, 6) is 2.39. The number of piperidine rings is 1. The van der Waals surface area contributed by atoms with E-state index in [-0.39, 0.29) is 11.8 Å². The molecule has 4 heterocycles. The van der Waals surface area contributed by atoms with Crippen molar-refractivity contribution in [3.05, 3.63) is 59.9 Å². The Hall–Kier alpha value is -3.26. The molecule has 1 amide bonds. The summed E-state index contributed by atoms with van der Waals surface area (Å²) < 4.78 is 10.7. The number of rotatable bonds is 6. The molecule has 0 aromatic carbocycles. The summed E-state index contributed by atoms with van der Waals surface area (Å²) in [4.78, 5) is 28.3. The molecule has 1 aliphatic rings. The summed E-state index contributed by atoms with van der Waals surface area (Å²) >= 11 is 0. The minimum absolute atomic E-state index is 0.0996. The average molecular weight is 407 g/mol. The lowest BCUT2D eigenvalue weighted by molar-refractivity contribution is 0.0666. The summed E-state index contributed by atoms with van der Waals surface area (Å²) in [6.45, 7) is 1.64. The number of ether oxygens (including phenoxy) is 1. The van der Waals surface area contributed by atoms with E-state index in [0.717, 1.165) is 29.9 Å². The first-order valence-corrected chi connectivity index (χ1v) is 10.0. The first kappa shape index (κ1) is 20.0. The van der Waals surface area contributed by atoms with E-state index in [1.54, 1.807) is 31.6 Å². The number of hydrogen-bond acceptors (Lipinski definition) is 7. The topological polar surface area (TPSA) is 93.4 Å². The molecule has 0 saturated carbocycles. The van der Waals surface area contributed by atoms with E-state index in [9.17, 15) is 4.79 Å². The number of hydrogen-bond donors (Lipinski definition) is 1. The summed E-state index contributed by atoms with van der Waals surface area (Å²) in [5.41, 5.74) is 1.78. The molecular formula is C22H25N5O3. The molecule has 1 unspecified atom stereocenters. The molecule has 4 rings (SSSR count). The number of carbonyl (C=O) groups is 1. The van der Waals surface area contributed by atoms with Crippen LogP contribution in [0.1, 0.15) is 40.8 Å². The summed E-state index contributed by atoms with van der Waals surface area (Å²) in [6.07, 6.45) is 5.35. The van der Waals surface area contributed by atoms with Crippen LogP contribution in [0.5, 0.6) is 0 Å². The van der Waals surface area contributed by atoms with Crippen molar-refractivity contribution in [2.45, 2.75) is 25.4 Å². The number of methoxy groups -OCH3 is 1. The molecule has 0 radical (unpaired) electrons. The maximum absolute atomic E-state index is 12.9. The number of likely N-dealkylation sites (tertiary alicyclic amines) is 1. The van der Waals surface area contributed by atoms with Crippen molar-refractivity contribution in [2.24, 2.45) is 0 Å². The van der Waals surface area contributed by atoms with Gasteiger partial charge in [-0.05, 0) is 37.1 Å². The van der Waals surface area contributed by atoms with Gasteiger partial charge in [-0.15, -0.1) is 0 Å². The van der Waals surface area contributed by atoms with Gasteiger partial charge in [0.25, 0.3) is 5.91 Å². The van der Waals surface area contributed by atoms with Crippen LogP contribution in [0, 0.1) is 0 Å². The van der Waals surface area contributed by atoms with Gasteiger partial charge in [0.1, 0.15) is 18.2 Å². The number of aromatic nitrogens is 3. The number of pyridine rings is 1. The quantitative estimate of drug-likeness (QED) is 0.670. The molecule has 156 valence electrons. The number of nitrogens with zero attached hydrogens (tertiary/aromatic N) is 4. The molecular weight excluding hydrogens is 382 g/mol. The number of anilines is 1. The predicted molar refractivity (Wildman–Crippen MR) is 112 cm³/mol. The Morgan fingerprint density at radius 3 is 3.00 bits per heavy atom. The predicted octanol–water partition coefficient (Wildman–Crippen LogP) is 3.34. The van der Waals surface area contributed by atoms with Crippen LogP contribution in [0.4, 0.5) is 5.82 Å². The second kappa shape index (κ2) is 9.04. The number of furan rings is 1. The lowest BCUT2D eigenvalue weighted by Gasteiger charge is -2.32. The molecule has 1 N–H and O–H groups in total. The van der Waals surface area contributed by atoms with Crippen molar-refractivity contribution < 1.29 is 13.9 Å². The monoisotopic (exact) mass is 407 g/mol. The molecule has 1 atom stereocenters. The highest BCUT2D eigenvalue weighted by Crippen LogP contribution is 2.29. The lowest BCUT2D eigenvalue weighted by atomic mass is 9.94. The van der Waals surface area contributed by atoms with Crippen LogP contribution in [0.25, 0.3) is 11.4 Å². The molecule has 30 heavy (non-hydrogen) atoms. The number of amides is 1. The third-order valence-electron chi connectivity index (χ3n) is 5.21. The van der Waals surface area contributed by atoms with Gasteiger partial charge in [-0.25, -0.2) is 9.97 Å². The van der Waals surface area contributed by atoms with E-state index >= 15 is 0 Å². The average Bonchev–Trinajstić information content (AvgIpc) is 3.28. The molecule has 8 heteroatoms. The van der Waals surface area contributed by atoms with Crippen molar-refractivity contribution in [1.29, 1.82) is 0 Å². The fourth-order valence-electron chi connectivity index (χ4n) is 3.70. The van der Waals surface area contributed by atoms with Crippen molar-refractivity contribution >= 4 is 11.7 Å². The Morgan fingerprint density at radius 1 is 1.33 bits per heavy atom. The van der Waals surface area contributed by atoms with Crippen LogP contribution >= 0.6 is 0 Å². The zero-order valence-corrected chi connectivity index (χ0v) is 17.2. The van der Waals surface area contributed by atoms with Gasteiger partial charge in [0.15, 0.2) is 11.6 Å². The zero-order chi connectivity index (χ0) is 20.9. The maximum Gasteiger partial charge on any atom is 0.289 e. The molecule has 0 bridgehead atoms. The highest BCUT2D eigenvalue weighted by molar-refractivity contribution is 5.91. The van der Waals surface area contributed by atoms with E-state index in [1.807, 2.05) is 30.1 Å². The summed E-state index contributed by atoms with van der Waals surface area (Å²) in [5, 5.41) is 3.11. The summed E-state index contributed by atoms with van der Waals surface area (Å²) in [7, 11) is 3.44. The van der Waals surface area contributed by atoms with E-state index in [4.69, 9.17) is 14.1 Å². The van der Waals surface area contributed by atoms with Crippen LogP contribution < -0.4 is 5.32 Å². The third kappa shape index (κ3) is 4.33. The SMILES string of the molecule is CNc1cc(C2CCCN(C(=O)c3ccc(COC)o3)C2)nc(-c2cccnc2)n1. The Kier molecular flexibility index (Phi) is 6.04. The van der Waals surface area contributed by atoms with E-state index in [2.05, 4.69) is 15.3 Å². The van der Waals surface area contributed by atoms with Gasteiger partial charge >= 0.3 is 0 Å². The molecule has 0 aliphatic carbocycles. The van der Waals surface area contributed by atoms with E-state index in [0.29, 0.717) is 37.0 Å². The first-order chi connectivity index (χ1) is 14.7. The Morgan fingerprint density at radius 2 is 2.23 bits per heavy atom. The highest BCUT2D eigenvalue weighted by Gasteiger charge is 2.28.